The first-order chi connectivity index (χ1) is 6.38. The number of hydrogen-bond acceptors (Lipinski definition) is 2. The number of aliphatic hydroxyl groups excluding tert-OH is 1. The second-order valence-corrected chi connectivity index (χ2v) is 5.98. The van der Waals surface area contributed by atoms with Crippen molar-refractivity contribution in [3.8, 4) is 0 Å². The number of likely N-dealkylation sites (tertiary alicyclic amines) is 1. The summed E-state index contributed by atoms with van der Waals surface area (Å²) in [5, 5.41) is 9.89. The van der Waals surface area contributed by atoms with E-state index in [0.717, 1.165) is 19.5 Å². The quantitative estimate of drug-likeness (QED) is 0.736. The third kappa shape index (κ3) is 3.97. The van der Waals surface area contributed by atoms with Crippen molar-refractivity contribution in [3.63, 3.8) is 0 Å². The Kier molecular flexibility index (Phi) is 3.96. The Balaban J connectivity index is 2.31. The van der Waals surface area contributed by atoms with E-state index < -0.39 is 0 Å². The van der Waals surface area contributed by atoms with Gasteiger partial charge in [0, 0.05) is 6.54 Å². The van der Waals surface area contributed by atoms with Crippen LogP contribution in [-0.4, -0.2) is 36.2 Å². The first kappa shape index (κ1) is 12.0. The van der Waals surface area contributed by atoms with E-state index in [-0.39, 0.29) is 6.10 Å². The minimum absolute atomic E-state index is 0.101. The zero-order valence-electron chi connectivity index (χ0n) is 10.1. The SMILES string of the molecule is CN1CCC(CCC(C)(C)C)[C@@H](O)C1. The Morgan fingerprint density at radius 1 is 1.36 bits per heavy atom. The predicted octanol–water partition coefficient (Wildman–Crippen LogP) is 2.13. The highest BCUT2D eigenvalue weighted by atomic mass is 16.3. The summed E-state index contributed by atoms with van der Waals surface area (Å²) in [6, 6.07) is 0. The van der Waals surface area contributed by atoms with Crippen molar-refractivity contribution in [3.05, 3.63) is 0 Å². The zero-order valence-corrected chi connectivity index (χ0v) is 10.1. The van der Waals surface area contributed by atoms with Gasteiger partial charge in [-0.05, 0) is 44.2 Å². The first-order valence-corrected chi connectivity index (χ1v) is 5.75. The van der Waals surface area contributed by atoms with Crippen LogP contribution >= 0.6 is 0 Å². The van der Waals surface area contributed by atoms with Crippen molar-refractivity contribution in [2.24, 2.45) is 11.3 Å². The summed E-state index contributed by atoms with van der Waals surface area (Å²) in [4.78, 5) is 2.22. The van der Waals surface area contributed by atoms with Gasteiger partial charge in [-0.25, -0.2) is 0 Å². The molecule has 0 radical (unpaired) electrons. The van der Waals surface area contributed by atoms with Gasteiger partial charge in [0.2, 0.25) is 0 Å². The molecular formula is C12H25NO. The van der Waals surface area contributed by atoms with Gasteiger partial charge in [-0.15, -0.1) is 0 Å². The lowest BCUT2D eigenvalue weighted by Crippen LogP contribution is -2.41. The van der Waals surface area contributed by atoms with E-state index in [1.165, 1.54) is 12.8 Å². The van der Waals surface area contributed by atoms with E-state index in [0.29, 0.717) is 11.3 Å². The molecule has 1 fully saturated rings. The van der Waals surface area contributed by atoms with Gasteiger partial charge in [0.25, 0.3) is 0 Å². The van der Waals surface area contributed by atoms with Gasteiger partial charge in [0.1, 0.15) is 0 Å². The molecule has 1 N–H and O–H groups in total. The van der Waals surface area contributed by atoms with E-state index in [9.17, 15) is 5.11 Å². The van der Waals surface area contributed by atoms with Crippen LogP contribution in [0.25, 0.3) is 0 Å². The average molecular weight is 199 g/mol. The van der Waals surface area contributed by atoms with Crippen molar-refractivity contribution < 1.29 is 5.11 Å². The van der Waals surface area contributed by atoms with Crippen LogP contribution in [-0.2, 0) is 0 Å². The highest BCUT2D eigenvalue weighted by Crippen LogP contribution is 2.28. The van der Waals surface area contributed by atoms with Crippen LogP contribution in [0.1, 0.15) is 40.0 Å². The van der Waals surface area contributed by atoms with Crippen LogP contribution < -0.4 is 0 Å². The molecule has 0 saturated carbocycles. The zero-order chi connectivity index (χ0) is 10.8. The molecule has 14 heavy (non-hydrogen) atoms. The predicted molar refractivity (Wildman–Crippen MR) is 60.3 cm³/mol. The first-order valence-electron chi connectivity index (χ1n) is 5.75. The molecule has 0 aromatic carbocycles. The maximum Gasteiger partial charge on any atom is 0.0695 e. The number of piperidine rings is 1. The van der Waals surface area contributed by atoms with Crippen LogP contribution in [0.2, 0.25) is 0 Å². The van der Waals surface area contributed by atoms with Crippen LogP contribution in [0.4, 0.5) is 0 Å². The molecule has 1 heterocycles. The molecule has 0 amide bonds. The highest BCUT2D eigenvalue weighted by Gasteiger charge is 2.26. The summed E-state index contributed by atoms with van der Waals surface area (Å²) in [6.45, 7) is 8.82. The van der Waals surface area contributed by atoms with Gasteiger partial charge in [-0.1, -0.05) is 20.8 Å². The van der Waals surface area contributed by atoms with Gasteiger partial charge in [-0.3, -0.25) is 0 Å². The molecule has 2 nitrogen and oxygen atoms in total. The van der Waals surface area contributed by atoms with Crippen LogP contribution in [0, 0.1) is 11.3 Å². The molecule has 0 aromatic rings. The van der Waals surface area contributed by atoms with Crippen LogP contribution in [0.15, 0.2) is 0 Å². The topological polar surface area (TPSA) is 23.5 Å². The molecule has 1 saturated heterocycles. The average Bonchev–Trinajstić information content (AvgIpc) is 2.00. The summed E-state index contributed by atoms with van der Waals surface area (Å²) in [5.41, 5.74) is 0.406. The summed E-state index contributed by atoms with van der Waals surface area (Å²) in [5.74, 6) is 0.533. The van der Waals surface area contributed by atoms with Crippen molar-refractivity contribution in [1.29, 1.82) is 0 Å². The van der Waals surface area contributed by atoms with Gasteiger partial charge < -0.3 is 10.0 Å². The number of β-amino-alcohol motifs (C(OH)–C–C–N with tert-alkyl or cyclic N) is 1. The fourth-order valence-corrected chi connectivity index (χ4v) is 2.09. The number of hydrogen-bond donors (Lipinski definition) is 1. The number of nitrogens with zero attached hydrogens (tertiary/aromatic N) is 1. The smallest absolute Gasteiger partial charge is 0.0695 e. The lowest BCUT2D eigenvalue weighted by molar-refractivity contribution is 0.0243. The minimum atomic E-state index is -0.101. The molecule has 0 aliphatic carbocycles. The minimum Gasteiger partial charge on any atom is -0.392 e. The number of rotatable bonds is 2. The Bertz CT molecular complexity index is 174. The standard InChI is InChI=1S/C12H25NO/c1-12(2,3)7-5-10-6-8-13(4)9-11(10)14/h10-11,14H,5-9H2,1-4H3/t10?,11-/m0/s1. The van der Waals surface area contributed by atoms with Crippen molar-refractivity contribution in [2.45, 2.75) is 46.1 Å². The van der Waals surface area contributed by atoms with E-state index in [4.69, 9.17) is 0 Å². The Labute approximate surface area is 88.3 Å². The molecule has 0 aromatic heterocycles. The Hall–Kier alpha value is -0.0800. The van der Waals surface area contributed by atoms with E-state index >= 15 is 0 Å². The highest BCUT2D eigenvalue weighted by molar-refractivity contribution is 4.79. The van der Waals surface area contributed by atoms with Gasteiger partial charge in [0.05, 0.1) is 6.10 Å². The van der Waals surface area contributed by atoms with Crippen LogP contribution in [0.3, 0.4) is 0 Å². The molecule has 1 rings (SSSR count). The summed E-state index contributed by atoms with van der Waals surface area (Å²) in [6.07, 6.45) is 3.46. The number of likely N-dealkylation sites (N-methyl/N-ethyl adjacent to an activating group) is 1. The second kappa shape index (κ2) is 4.63. The summed E-state index contributed by atoms with van der Waals surface area (Å²) < 4.78 is 0. The largest absolute Gasteiger partial charge is 0.392 e. The normalized spacial score (nSPS) is 30.6. The number of aliphatic hydroxyl groups is 1. The molecule has 1 unspecified atom stereocenters. The monoisotopic (exact) mass is 199 g/mol. The second-order valence-electron chi connectivity index (χ2n) is 5.98. The molecule has 0 bridgehead atoms. The lowest BCUT2D eigenvalue weighted by Gasteiger charge is -2.35. The van der Waals surface area contributed by atoms with Crippen LogP contribution in [0.5, 0.6) is 0 Å². The lowest BCUT2D eigenvalue weighted by atomic mass is 9.82. The molecule has 84 valence electrons. The summed E-state index contributed by atoms with van der Waals surface area (Å²) in [7, 11) is 2.09. The fourth-order valence-electron chi connectivity index (χ4n) is 2.09. The molecule has 2 heteroatoms. The third-order valence-corrected chi connectivity index (χ3v) is 3.19. The van der Waals surface area contributed by atoms with Gasteiger partial charge in [-0.2, -0.15) is 0 Å². The van der Waals surface area contributed by atoms with Crippen molar-refractivity contribution in [1.82, 2.24) is 4.90 Å². The molecular weight excluding hydrogens is 174 g/mol. The third-order valence-electron chi connectivity index (χ3n) is 3.19. The van der Waals surface area contributed by atoms with Crippen molar-refractivity contribution >= 4 is 0 Å². The maximum absolute atomic E-state index is 9.89. The Morgan fingerprint density at radius 3 is 2.50 bits per heavy atom. The Morgan fingerprint density at radius 2 is 2.00 bits per heavy atom. The molecule has 1 aliphatic heterocycles. The molecule has 2 atom stereocenters. The molecule has 1 aliphatic rings. The fraction of sp³-hybridized carbons (Fsp3) is 1.00. The molecule has 0 spiro atoms. The summed E-state index contributed by atoms with van der Waals surface area (Å²) >= 11 is 0. The maximum atomic E-state index is 9.89. The van der Waals surface area contributed by atoms with Gasteiger partial charge >= 0.3 is 0 Å². The van der Waals surface area contributed by atoms with Gasteiger partial charge in [0.15, 0.2) is 0 Å². The van der Waals surface area contributed by atoms with Crippen molar-refractivity contribution in [2.75, 3.05) is 20.1 Å². The van der Waals surface area contributed by atoms with E-state index in [1.54, 1.807) is 0 Å². The van der Waals surface area contributed by atoms with E-state index in [1.807, 2.05) is 0 Å². The van der Waals surface area contributed by atoms with E-state index in [2.05, 4.69) is 32.7 Å².